The zero-order chi connectivity index (χ0) is 39.7. The van der Waals surface area contributed by atoms with Gasteiger partial charge in [0.15, 0.2) is 17.2 Å². The van der Waals surface area contributed by atoms with Crippen LogP contribution in [-0.2, 0) is 27.8 Å². The van der Waals surface area contributed by atoms with Crippen LogP contribution in [0.1, 0.15) is 73.5 Å². The minimum absolute atomic E-state index is 0.139. The van der Waals surface area contributed by atoms with Crippen LogP contribution in [0.15, 0.2) is 53.5 Å². The molecular weight excluding hydrogens is 739 g/mol. The third kappa shape index (κ3) is 6.43. The molecule has 4 fully saturated rings. The number of amides is 3. The molecule has 3 saturated heterocycles. The second kappa shape index (κ2) is 14.5. The Morgan fingerprint density at radius 3 is 2.50 bits per heavy atom. The maximum atomic E-state index is 13.3. The van der Waals surface area contributed by atoms with Gasteiger partial charge in [-0.25, -0.2) is 14.3 Å². The summed E-state index contributed by atoms with van der Waals surface area (Å²) in [7, 11) is 3.60. The number of aromatic nitrogens is 5. The number of imide groups is 1. The average Bonchev–Trinajstić information content (AvgIpc) is 3.67. The van der Waals surface area contributed by atoms with Crippen molar-refractivity contribution in [2.24, 2.45) is 7.05 Å². The Balaban J connectivity index is 0.804. The Morgan fingerprint density at radius 2 is 1.71 bits per heavy atom. The summed E-state index contributed by atoms with van der Waals surface area (Å²) >= 11 is 0. The van der Waals surface area contributed by atoms with E-state index in [4.69, 9.17) is 9.84 Å². The van der Waals surface area contributed by atoms with Crippen LogP contribution in [0.25, 0.3) is 16.7 Å². The van der Waals surface area contributed by atoms with Gasteiger partial charge >= 0.3 is 5.69 Å². The summed E-state index contributed by atoms with van der Waals surface area (Å²) in [4.78, 5) is 62.4. The Bertz CT molecular complexity index is 2510. The van der Waals surface area contributed by atoms with Crippen molar-refractivity contribution in [2.45, 2.75) is 82.1 Å². The molecule has 1 saturated carbocycles. The van der Waals surface area contributed by atoms with Crippen molar-refractivity contribution in [3.8, 4) is 0 Å². The standard InChI is InChI=1S/C42H49N11O5/c1-43-30-22-37(47-53-36(23-44-39(30)53)41(56)45-25-8-9-25)51-20-16-29-31(6-3-7-32(29)51)50-17-4-5-28(24-50)58-27-14-18-49(19-15-27)26-10-11-33-35(21-26)48(2)42(57)52(33)34-12-13-38(54)46-40(34)55/h3,6-7,10-11,21-23,25,27-28,34,43H,4-5,8-9,12-20,24H2,1-2H3,(H,45,56)(H,46,54,55)/t28-,34?/m0/s1. The van der Waals surface area contributed by atoms with Gasteiger partial charge in [0.1, 0.15) is 6.04 Å². The van der Waals surface area contributed by atoms with Crippen molar-refractivity contribution < 1.29 is 19.1 Å². The fourth-order valence-corrected chi connectivity index (χ4v) is 9.43. The van der Waals surface area contributed by atoms with Crippen LogP contribution in [0.4, 0.5) is 28.6 Å². The lowest BCUT2D eigenvalue weighted by molar-refractivity contribution is -0.135. The molecule has 10 rings (SSSR count). The molecule has 7 heterocycles. The minimum Gasteiger partial charge on any atom is -0.385 e. The highest BCUT2D eigenvalue weighted by atomic mass is 16.5. The largest absolute Gasteiger partial charge is 0.385 e. The fraction of sp³-hybridized carbons (Fsp3) is 0.476. The monoisotopic (exact) mass is 787 g/mol. The van der Waals surface area contributed by atoms with Crippen molar-refractivity contribution in [3.05, 3.63) is 70.4 Å². The Kier molecular flexibility index (Phi) is 9.10. The highest BCUT2D eigenvalue weighted by Gasteiger charge is 2.34. The van der Waals surface area contributed by atoms with E-state index in [0.29, 0.717) is 23.3 Å². The van der Waals surface area contributed by atoms with Gasteiger partial charge in [0, 0.05) is 88.0 Å². The van der Waals surface area contributed by atoms with Crippen molar-refractivity contribution in [2.75, 3.05) is 59.8 Å². The number of piperidine rings is 3. The van der Waals surface area contributed by atoms with Crippen LogP contribution in [0.5, 0.6) is 0 Å². The first-order valence-electron chi connectivity index (χ1n) is 20.7. The Hall–Kier alpha value is -5.90. The number of ether oxygens (including phenoxy) is 1. The Labute approximate surface area is 335 Å². The van der Waals surface area contributed by atoms with Gasteiger partial charge < -0.3 is 30.1 Å². The summed E-state index contributed by atoms with van der Waals surface area (Å²) in [5.41, 5.74) is 7.82. The highest BCUT2D eigenvalue weighted by molar-refractivity contribution is 6.00. The van der Waals surface area contributed by atoms with E-state index in [9.17, 15) is 19.2 Å². The molecule has 16 nitrogen and oxygen atoms in total. The van der Waals surface area contributed by atoms with E-state index in [-0.39, 0.29) is 42.2 Å². The van der Waals surface area contributed by atoms with Gasteiger partial charge in [0.25, 0.3) is 5.91 Å². The van der Waals surface area contributed by atoms with Crippen LogP contribution in [0.2, 0.25) is 0 Å². The van der Waals surface area contributed by atoms with Crippen molar-refractivity contribution in [1.82, 2.24) is 34.4 Å². The first kappa shape index (κ1) is 36.4. The SMILES string of the molecule is CNc1cc(N2CCc3c(N4CCC[C@H](OC5CCN(c6ccc7c(c6)n(C)c(=O)n7C6CCC(=O)NC6=O)CC5)C4)cccc32)nn2c(C(=O)NC3CC3)cnc12. The van der Waals surface area contributed by atoms with E-state index in [1.165, 1.54) is 15.8 Å². The summed E-state index contributed by atoms with van der Waals surface area (Å²) in [6, 6.07) is 14.1. The number of nitrogens with one attached hydrogen (secondary N) is 3. The number of aryl methyl sites for hydroxylation is 1. The molecule has 5 aliphatic rings. The highest BCUT2D eigenvalue weighted by Crippen LogP contribution is 2.41. The molecule has 3 N–H and O–H groups in total. The molecule has 1 unspecified atom stereocenters. The lowest BCUT2D eigenvalue weighted by Crippen LogP contribution is -2.44. The number of fused-ring (bicyclic) bond motifs is 3. The molecule has 1 aliphatic carbocycles. The van der Waals surface area contributed by atoms with Crippen molar-refractivity contribution in [1.29, 1.82) is 0 Å². The summed E-state index contributed by atoms with van der Waals surface area (Å²) in [5, 5.41) is 13.7. The molecule has 16 heteroatoms. The topological polar surface area (TPSA) is 163 Å². The third-order valence-electron chi connectivity index (χ3n) is 12.7. The van der Waals surface area contributed by atoms with E-state index >= 15 is 0 Å². The molecule has 5 aromatic rings. The molecule has 0 spiro atoms. The second-order valence-corrected chi connectivity index (χ2v) is 16.4. The zero-order valence-corrected chi connectivity index (χ0v) is 32.9. The van der Waals surface area contributed by atoms with Crippen molar-refractivity contribution >= 4 is 63.0 Å². The van der Waals surface area contributed by atoms with Gasteiger partial charge in [-0.3, -0.25) is 28.8 Å². The first-order valence-corrected chi connectivity index (χ1v) is 20.7. The molecule has 58 heavy (non-hydrogen) atoms. The molecule has 2 atom stereocenters. The number of carbonyl (C=O) groups excluding carboxylic acids is 3. The van der Waals surface area contributed by atoms with E-state index in [1.54, 1.807) is 22.3 Å². The maximum absolute atomic E-state index is 13.3. The normalized spacial score (nSPS) is 21.5. The van der Waals surface area contributed by atoms with E-state index in [0.717, 1.165) is 106 Å². The van der Waals surface area contributed by atoms with Gasteiger partial charge in [0.05, 0.1) is 35.1 Å². The number of anilines is 5. The van der Waals surface area contributed by atoms with Gasteiger partial charge in [-0.1, -0.05) is 6.07 Å². The number of hydrogen-bond acceptors (Lipinski definition) is 11. The maximum Gasteiger partial charge on any atom is 0.329 e. The molecule has 302 valence electrons. The Morgan fingerprint density at radius 1 is 0.879 bits per heavy atom. The minimum atomic E-state index is -0.699. The number of benzene rings is 2. The van der Waals surface area contributed by atoms with Crippen LogP contribution in [-0.4, -0.2) is 99.5 Å². The predicted molar refractivity (Wildman–Crippen MR) is 220 cm³/mol. The van der Waals surface area contributed by atoms with Crippen molar-refractivity contribution in [3.63, 3.8) is 0 Å². The summed E-state index contributed by atoms with van der Waals surface area (Å²) in [6.45, 7) is 4.30. The summed E-state index contributed by atoms with van der Waals surface area (Å²) in [6.07, 6.45) is 9.27. The molecule has 0 bridgehead atoms. The molecule has 0 radical (unpaired) electrons. The van der Waals surface area contributed by atoms with E-state index in [1.807, 2.05) is 31.3 Å². The zero-order valence-electron chi connectivity index (χ0n) is 32.9. The molecular formula is C42H49N11O5. The molecule has 2 aromatic carbocycles. The number of rotatable bonds is 9. The third-order valence-corrected chi connectivity index (χ3v) is 12.7. The second-order valence-electron chi connectivity index (χ2n) is 16.4. The number of imidazole rings is 2. The number of hydrogen-bond donors (Lipinski definition) is 3. The van der Waals surface area contributed by atoms with Crippen LogP contribution in [0.3, 0.4) is 0 Å². The first-order chi connectivity index (χ1) is 28.2. The summed E-state index contributed by atoms with van der Waals surface area (Å²) < 4.78 is 11.6. The van der Waals surface area contributed by atoms with E-state index < -0.39 is 11.9 Å². The molecule has 3 aromatic heterocycles. The predicted octanol–water partition coefficient (Wildman–Crippen LogP) is 3.64. The van der Waals surface area contributed by atoms with Crippen LogP contribution < -0.4 is 36.3 Å². The van der Waals surface area contributed by atoms with Gasteiger partial charge in [-0.15, -0.1) is 5.10 Å². The van der Waals surface area contributed by atoms with Crippen LogP contribution in [0, 0.1) is 0 Å². The fourth-order valence-electron chi connectivity index (χ4n) is 9.43. The smallest absolute Gasteiger partial charge is 0.329 e. The number of carbonyl (C=O) groups is 3. The molecule has 4 aliphatic heterocycles. The van der Waals surface area contributed by atoms with Gasteiger partial charge in [-0.05, 0) is 81.7 Å². The van der Waals surface area contributed by atoms with Crippen LogP contribution >= 0.6 is 0 Å². The van der Waals surface area contributed by atoms with Gasteiger partial charge in [0.2, 0.25) is 11.8 Å². The quantitative estimate of drug-likeness (QED) is 0.187. The summed E-state index contributed by atoms with van der Waals surface area (Å²) in [5.74, 6) is -0.103. The van der Waals surface area contributed by atoms with E-state index in [2.05, 4.69) is 53.8 Å². The lowest BCUT2D eigenvalue weighted by atomic mass is 10.0. The molecule has 3 amide bonds. The number of nitrogens with zero attached hydrogens (tertiary/aromatic N) is 8. The lowest BCUT2D eigenvalue weighted by Gasteiger charge is -2.39. The van der Waals surface area contributed by atoms with Gasteiger partial charge in [-0.2, -0.15) is 0 Å². The average molecular weight is 788 g/mol.